The van der Waals surface area contributed by atoms with Crippen molar-refractivity contribution in [2.24, 2.45) is 0 Å². The van der Waals surface area contributed by atoms with Crippen molar-refractivity contribution in [3.05, 3.63) is 10.6 Å². The second-order valence-corrected chi connectivity index (χ2v) is 6.66. The molecule has 0 N–H and O–H groups in total. The molecule has 0 aromatic carbocycles. The summed E-state index contributed by atoms with van der Waals surface area (Å²) in [6, 6.07) is 0.640. The molecule has 0 saturated carbocycles. The third kappa shape index (κ3) is 2.55. The number of piperidine rings is 1. The van der Waals surface area contributed by atoms with Gasteiger partial charge >= 0.3 is 0 Å². The lowest BCUT2D eigenvalue weighted by Gasteiger charge is -2.35. The molecular weight excluding hydrogens is 256 g/mol. The summed E-state index contributed by atoms with van der Waals surface area (Å²) in [5, 5.41) is 1.11. The number of hydrogen-bond acceptors (Lipinski definition) is 4. The average Bonchev–Trinajstić information content (AvgIpc) is 2.85. The maximum absolute atomic E-state index is 11.9. The lowest BCUT2D eigenvalue weighted by Crippen LogP contribution is -2.39. The van der Waals surface area contributed by atoms with E-state index >= 15 is 0 Å². The number of aromatic nitrogens is 1. The number of thiazole rings is 1. The zero-order chi connectivity index (χ0) is 13.2. The molecule has 19 heavy (non-hydrogen) atoms. The summed E-state index contributed by atoms with van der Waals surface area (Å²) in [4.78, 5) is 20.1. The number of ketones is 1. The van der Waals surface area contributed by atoms with Crippen LogP contribution in [-0.4, -0.2) is 23.4 Å². The molecule has 1 atom stereocenters. The lowest BCUT2D eigenvalue weighted by atomic mass is 9.99. The first-order valence-electron chi connectivity index (χ1n) is 7.59. The summed E-state index contributed by atoms with van der Waals surface area (Å²) in [6.07, 6.45) is 9.04. The number of aryl methyl sites for hydroxylation is 1. The Bertz CT molecular complexity index is 467. The smallest absolute Gasteiger partial charge is 0.186 e. The van der Waals surface area contributed by atoms with Gasteiger partial charge in [-0.1, -0.05) is 24.7 Å². The van der Waals surface area contributed by atoms with Gasteiger partial charge in [0.2, 0.25) is 0 Å². The Morgan fingerprint density at radius 1 is 1.32 bits per heavy atom. The molecule has 2 aliphatic rings. The number of nitrogens with zero attached hydrogens (tertiary/aromatic N) is 2. The van der Waals surface area contributed by atoms with Gasteiger partial charge < -0.3 is 4.90 Å². The molecule has 4 heteroatoms. The Labute approximate surface area is 119 Å². The van der Waals surface area contributed by atoms with E-state index < -0.39 is 0 Å². The van der Waals surface area contributed by atoms with Crippen LogP contribution in [0.15, 0.2) is 0 Å². The van der Waals surface area contributed by atoms with Crippen LogP contribution in [0.4, 0.5) is 5.13 Å². The largest absolute Gasteiger partial charge is 0.345 e. The van der Waals surface area contributed by atoms with Crippen molar-refractivity contribution in [2.45, 2.75) is 64.3 Å². The summed E-state index contributed by atoms with van der Waals surface area (Å²) >= 11 is 1.64. The molecule has 3 rings (SSSR count). The standard InChI is InChI=1S/C15H22N2OS/c1-2-6-11-7-3-4-10-17(11)15-16-12-8-5-9-13(18)14(12)19-15/h11H,2-10H2,1H3. The van der Waals surface area contributed by atoms with E-state index in [0.29, 0.717) is 18.2 Å². The van der Waals surface area contributed by atoms with E-state index in [1.165, 1.54) is 32.1 Å². The number of anilines is 1. The van der Waals surface area contributed by atoms with Crippen LogP contribution in [0.2, 0.25) is 0 Å². The number of hydrogen-bond donors (Lipinski definition) is 0. The Balaban J connectivity index is 1.86. The first-order valence-corrected chi connectivity index (χ1v) is 8.40. The highest BCUT2D eigenvalue weighted by molar-refractivity contribution is 7.17. The highest BCUT2D eigenvalue weighted by Crippen LogP contribution is 2.35. The van der Waals surface area contributed by atoms with Gasteiger partial charge in [-0.15, -0.1) is 0 Å². The predicted molar refractivity (Wildman–Crippen MR) is 79.3 cm³/mol. The molecule has 1 fully saturated rings. The van der Waals surface area contributed by atoms with E-state index in [-0.39, 0.29) is 0 Å². The van der Waals surface area contributed by atoms with E-state index in [0.717, 1.165) is 35.1 Å². The van der Waals surface area contributed by atoms with E-state index in [1.807, 2.05) is 0 Å². The van der Waals surface area contributed by atoms with Crippen molar-refractivity contribution >= 4 is 22.3 Å². The monoisotopic (exact) mass is 278 g/mol. The molecule has 1 aliphatic heterocycles. The van der Waals surface area contributed by atoms with Crippen LogP contribution < -0.4 is 4.90 Å². The van der Waals surface area contributed by atoms with Crippen LogP contribution in [-0.2, 0) is 6.42 Å². The summed E-state index contributed by atoms with van der Waals surface area (Å²) in [6.45, 7) is 3.37. The van der Waals surface area contributed by atoms with Gasteiger partial charge in [0.15, 0.2) is 10.9 Å². The normalized spacial score (nSPS) is 23.5. The molecule has 0 bridgehead atoms. The van der Waals surface area contributed by atoms with E-state index in [9.17, 15) is 4.79 Å². The fourth-order valence-electron chi connectivity index (χ4n) is 3.27. The van der Waals surface area contributed by atoms with E-state index in [4.69, 9.17) is 4.98 Å². The van der Waals surface area contributed by atoms with Gasteiger partial charge in [0.05, 0.1) is 10.6 Å². The van der Waals surface area contributed by atoms with Gasteiger partial charge in [-0.3, -0.25) is 4.79 Å². The number of rotatable bonds is 3. The van der Waals surface area contributed by atoms with E-state index in [1.54, 1.807) is 11.3 Å². The number of carbonyl (C=O) groups is 1. The predicted octanol–water partition coefficient (Wildman–Crippen LogP) is 3.82. The summed E-state index contributed by atoms with van der Waals surface area (Å²) in [5.41, 5.74) is 1.07. The minimum Gasteiger partial charge on any atom is -0.345 e. The van der Waals surface area contributed by atoms with Crippen LogP contribution in [0.5, 0.6) is 0 Å². The molecule has 0 radical (unpaired) electrons. The molecule has 1 unspecified atom stereocenters. The minimum absolute atomic E-state index is 0.314. The SMILES string of the molecule is CCCC1CCCCN1c1nc2c(s1)C(=O)CCC2. The van der Waals surface area contributed by atoms with Crippen molar-refractivity contribution in [1.82, 2.24) is 4.98 Å². The topological polar surface area (TPSA) is 33.2 Å². The maximum Gasteiger partial charge on any atom is 0.186 e. The molecule has 2 heterocycles. The fraction of sp³-hybridized carbons (Fsp3) is 0.733. The molecule has 0 spiro atoms. The van der Waals surface area contributed by atoms with Gasteiger partial charge in [0.25, 0.3) is 0 Å². The quantitative estimate of drug-likeness (QED) is 0.842. The van der Waals surface area contributed by atoms with Crippen LogP contribution in [0.1, 0.15) is 67.2 Å². The first-order chi connectivity index (χ1) is 9.29. The Morgan fingerprint density at radius 3 is 3.00 bits per heavy atom. The van der Waals surface area contributed by atoms with Crippen LogP contribution >= 0.6 is 11.3 Å². The van der Waals surface area contributed by atoms with Crippen molar-refractivity contribution in [1.29, 1.82) is 0 Å². The zero-order valence-corrected chi connectivity index (χ0v) is 12.5. The van der Waals surface area contributed by atoms with Gasteiger partial charge in [-0.25, -0.2) is 4.98 Å². The maximum atomic E-state index is 11.9. The van der Waals surface area contributed by atoms with Crippen LogP contribution in [0.25, 0.3) is 0 Å². The second kappa shape index (κ2) is 5.61. The summed E-state index contributed by atoms with van der Waals surface area (Å²) < 4.78 is 0. The Morgan fingerprint density at radius 2 is 2.21 bits per heavy atom. The molecular formula is C15H22N2OS. The van der Waals surface area contributed by atoms with Gasteiger partial charge in [0.1, 0.15) is 0 Å². The van der Waals surface area contributed by atoms with Crippen molar-refractivity contribution in [2.75, 3.05) is 11.4 Å². The highest BCUT2D eigenvalue weighted by atomic mass is 32.1. The highest BCUT2D eigenvalue weighted by Gasteiger charge is 2.28. The number of fused-ring (bicyclic) bond motifs is 1. The van der Waals surface area contributed by atoms with Crippen molar-refractivity contribution in [3.8, 4) is 0 Å². The van der Waals surface area contributed by atoms with Crippen LogP contribution in [0.3, 0.4) is 0 Å². The minimum atomic E-state index is 0.314. The van der Waals surface area contributed by atoms with Crippen molar-refractivity contribution in [3.63, 3.8) is 0 Å². The Kier molecular flexibility index (Phi) is 3.87. The fourth-order valence-corrected chi connectivity index (χ4v) is 4.44. The third-order valence-electron chi connectivity index (χ3n) is 4.25. The second-order valence-electron chi connectivity index (χ2n) is 5.68. The molecule has 3 nitrogen and oxygen atoms in total. The average molecular weight is 278 g/mol. The molecule has 1 saturated heterocycles. The molecule has 0 amide bonds. The molecule has 1 aromatic heterocycles. The number of Topliss-reactive ketones (excluding diaryl/α,β-unsaturated/α-hetero) is 1. The summed E-state index contributed by atoms with van der Waals surface area (Å²) in [5.74, 6) is 0.314. The molecule has 104 valence electrons. The molecule has 1 aliphatic carbocycles. The molecule has 1 aromatic rings. The summed E-state index contributed by atoms with van der Waals surface area (Å²) in [7, 11) is 0. The lowest BCUT2D eigenvalue weighted by molar-refractivity contribution is 0.0976. The van der Waals surface area contributed by atoms with Crippen LogP contribution in [0, 0.1) is 0 Å². The first kappa shape index (κ1) is 13.1. The van der Waals surface area contributed by atoms with Gasteiger partial charge in [-0.05, 0) is 38.5 Å². The van der Waals surface area contributed by atoms with E-state index in [2.05, 4.69) is 11.8 Å². The van der Waals surface area contributed by atoms with Gasteiger partial charge in [-0.2, -0.15) is 0 Å². The van der Waals surface area contributed by atoms with Crippen molar-refractivity contribution < 1.29 is 4.79 Å². The van der Waals surface area contributed by atoms with Gasteiger partial charge in [0, 0.05) is 19.0 Å². The third-order valence-corrected chi connectivity index (χ3v) is 5.43. The Hall–Kier alpha value is -0.900. The number of carbonyl (C=O) groups excluding carboxylic acids is 1. The zero-order valence-electron chi connectivity index (χ0n) is 11.7.